The number of aromatic nitrogens is 1. The van der Waals surface area contributed by atoms with Crippen molar-refractivity contribution in [1.29, 1.82) is 0 Å². The molecule has 1 aromatic heterocycles. The number of nitrogens with one attached hydrogen (secondary N) is 2. The molecule has 0 saturated heterocycles. The van der Waals surface area contributed by atoms with Gasteiger partial charge in [0.15, 0.2) is 0 Å². The molecule has 98 valence electrons. The Morgan fingerprint density at radius 3 is 2.72 bits per heavy atom. The smallest absolute Gasteiger partial charge is 0.210 e. The van der Waals surface area contributed by atoms with Gasteiger partial charge in [-0.1, -0.05) is 29.8 Å². The number of hydrogen-bond donors (Lipinski definition) is 3. The first-order chi connectivity index (χ1) is 8.47. The van der Waals surface area contributed by atoms with Crippen LogP contribution in [0.25, 0.3) is 10.9 Å². The summed E-state index contributed by atoms with van der Waals surface area (Å²) in [5, 5.41) is 9.51. The van der Waals surface area contributed by atoms with E-state index < -0.39 is 10.0 Å². The molecular formula is C11H14ClN3O2S. The first-order valence-electron chi connectivity index (χ1n) is 5.43. The Hall–Kier alpha value is -1.08. The summed E-state index contributed by atoms with van der Waals surface area (Å²) in [7, 11) is -3.42. The molecule has 0 aliphatic heterocycles. The predicted molar refractivity (Wildman–Crippen MR) is 73.0 cm³/mol. The molecule has 0 bridgehead atoms. The summed E-state index contributed by atoms with van der Waals surface area (Å²) < 4.78 is 21.5. The van der Waals surface area contributed by atoms with E-state index in [4.69, 9.17) is 16.7 Å². The van der Waals surface area contributed by atoms with Crippen LogP contribution in [0.5, 0.6) is 0 Å². The van der Waals surface area contributed by atoms with Crippen molar-refractivity contribution in [3.8, 4) is 0 Å². The maximum atomic E-state index is 10.8. The molecule has 1 aromatic carbocycles. The zero-order valence-electron chi connectivity index (χ0n) is 9.61. The minimum atomic E-state index is -3.42. The van der Waals surface area contributed by atoms with E-state index in [-0.39, 0.29) is 5.75 Å². The van der Waals surface area contributed by atoms with E-state index in [1.165, 1.54) is 0 Å². The number of benzene rings is 1. The number of para-hydroxylation sites is 1. The molecule has 0 fully saturated rings. The molecule has 5 nitrogen and oxygen atoms in total. The Morgan fingerprint density at radius 1 is 1.33 bits per heavy atom. The molecular weight excluding hydrogens is 274 g/mol. The van der Waals surface area contributed by atoms with Gasteiger partial charge in [0.1, 0.15) is 0 Å². The van der Waals surface area contributed by atoms with E-state index in [2.05, 4.69) is 10.3 Å². The van der Waals surface area contributed by atoms with Crippen LogP contribution in [0.15, 0.2) is 24.3 Å². The Balaban J connectivity index is 2.02. The van der Waals surface area contributed by atoms with Crippen LogP contribution in [0.3, 0.4) is 0 Å². The molecule has 0 saturated carbocycles. The van der Waals surface area contributed by atoms with Gasteiger partial charge in [-0.15, -0.1) is 0 Å². The van der Waals surface area contributed by atoms with Crippen LogP contribution in [-0.4, -0.2) is 25.7 Å². The highest BCUT2D eigenvalue weighted by molar-refractivity contribution is 7.89. The Bertz CT molecular complexity index is 651. The van der Waals surface area contributed by atoms with Crippen molar-refractivity contribution in [2.75, 3.05) is 12.3 Å². The lowest BCUT2D eigenvalue weighted by molar-refractivity contribution is 0.592. The van der Waals surface area contributed by atoms with Crippen molar-refractivity contribution in [3.05, 3.63) is 35.0 Å². The van der Waals surface area contributed by atoms with Gasteiger partial charge < -0.3 is 10.3 Å². The van der Waals surface area contributed by atoms with E-state index in [1.54, 1.807) is 0 Å². The number of H-pyrrole nitrogens is 1. The lowest BCUT2D eigenvalue weighted by atomic mass is 10.2. The van der Waals surface area contributed by atoms with Crippen LogP contribution >= 0.6 is 11.6 Å². The number of sulfonamides is 1. The second-order valence-electron chi connectivity index (χ2n) is 4.01. The number of halogens is 1. The summed E-state index contributed by atoms with van der Waals surface area (Å²) in [6, 6.07) is 7.71. The molecule has 0 aliphatic rings. The molecule has 2 rings (SSSR count). The average Bonchev–Trinajstić information content (AvgIpc) is 2.62. The lowest BCUT2D eigenvalue weighted by Crippen LogP contribution is -2.26. The maximum Gasteiger partial charge on any atom is 0.210 e. The third kappa shape index (κ3) is 3.23. The number of primary sulfonamides is 1. The zero-order chi connectivity index (χ0) is 13.2. The van der Waals surface area contributed by atoms with Crippen LogP contribution in [0.4, 0.5) is 0 Å². The lowest BCUT2D eigenvalue weighted by Gasteiger charge is -2.02. The first kappa shape index (κ1) is 13.4. The minimum Gasteiger partial charge on any atom is -0.356 e. The summed E-state index contributed by atoms with van der Waals surface area (Å²) in [4.78, 5) is 3.19. The molecule has 18 heavy (non-hydrogen) atoms. The molecule has 0 amide bonds. The van der Waals surface area contributed by atoms with Gasteiger partial charge in [0, 0.05) is 29.7 Å². The van der Waals surface area contributed by atoms with Crippen molar-refractivity contribution < 1.29 is 8.42 Å². The standard InChI is InChI=1S/C11H14ClN3O2S/c12-11-8-3-1-2-4-9(8)15-10(11)7-14-5-6-18(13,16)17/h1-4,14-15H,5-7H2,(H2,13,16,17). The van der Waals surface area contributed by atoms with E-state index in [1.807, 2.05) is 24.3 Å². The second kappa shape index (κ2) is 5.27. The number of rotatable bonds is 5. The highest BCUT2D eigenvalue weighted by atomic mass is 35.5. The van der Waals surface area contributed by atoms with E-state index >= 15 is 0 Å². The van der Waals surface area contributed by atoms with Gasteiger partial charge in [-0.05, 0) is 6.07 Å². The first-order valence-corrected chi connectivity index (χ1v) is 7.53. The fraction of sp³-hybridized carbons (Fsp3) is 0.273. The molecule has 0 atom stereocenters. The quantitative estimate of drug-likeness (QED) is 0.722. The number of nitrogens with two attached hydrogens (primary N) is 1. The highest BCUT2D eigenvalue weighted by Crippen LogP contribution is 2.26. The Labute approximate surface area is 110 Å². The topological polar surface area (TPSA) is 88.0 Å². The number of aromatic amines is 1. The predicted octanol–water partition coefficient (Wildman–Crippen LogP) is 1.20. The molecule has 0 unspecified atom stereocenters. The van der Waals surface area contributed by atoms with E-state index in [0.717, 1.165) is 16.6 Å². The third-order valence-corrected chi connectivity index (χ3v) is 3.78. The number of fused-ring (bicyclic) bond motifs is 1. The van der Waals surface area contributed by atoms with Crippen LogP contribution in [0.1, 0.15) is 5.69 Å². The molecule has 0 radical (unpaired) electrons. The summed E-state index contributed by atoms with van der Waals surface area (Å²) in [6.07, 6.45) is 0. The van der Waals surface area contributed by atoms with Crippen LogP contribution in [0, 0.1) is 0 Å². The molecule has 2 aromatic rings. The summed E-state index contributed by atoms with van der Waals surface area (Å²) in [6.45, 7) is 0.771. The molecule has 0 aliphatic carbocycles. The van der Waals surface area contributed by atoms with E-state index in [9.17, 15) is 8.42 Å². The molecule has 1 heterocycles. The Kier molecular flexibility index (Phi) is 3.91. The normalized spacial score (nSPS) is 12.1. The summed E-state index contributed by atoms with van der Waals surface area (Å²) >= 11 is 6.21. The SMILES string of the molecule is NS(=O)(=O)CCNCc1[nH]c2ccccc2c1Cl. The van der Waals surface area contributed by atoms with Gasteiger partial charge in [0.25, 0.3) is 0 Å². The van der Waals surface area contributed by atoms with Crippen molar-refractivity contribution in [3.63, 3.8) is 0 Å². The maximum absolute atomic E-state index is 10.8. The van der Waals surface area contributed by atoms with Gasteiger partial charge in [-0.25, -0.2) is 13.6 Å². The summed E-state index contributed by atoms with van der Waals surface area (Å²) in [5.41, 5.74) is 1.80. The van der Waals surface area contributed by atoms with Gasteiger partial charge in [-0.3, -0.25) is 0 Å². The molecule has 0 spiro atoms. The fourth-order valence-electron chi connectivity index (χ4n) is 1.71. The van der Waals surface area contributed by atoms with Crippen LogP contribution in [0.2, 0.25) is 5.02 Å². The number of hydrogen-bond acceptors (Lipinski definition) is 3. The van der Waals surface area contributed by atoms with Crippen LogP contribution < -0.4 is 10.5 Å². The van der Waals surface area contributed by atoms with E-state index in [0.29, 0.717) is 18.1 Å². The molecule has 4 N–H and O–H groups in total. The second-order valence-corrected chi connectivity index (χ2v) is 6.12. The van der Waals surface area contributed by atoms with Crippen LogP contribution in [-0.2, 0) is 16.6 Å². The molecule has 7 heteroatoms. The minimum absolute atomic E-state index is 0.0924. The monoisotopic (exact) mass is 287 g/mol. The fourth-order valence-corrected chi connectivity index (χ4v) is 2.42. The van der Waals surface area contributed by atoms with Crippen molar-refractivity contribution in [1.82, 2.24) is 10.3 Å². The van der Waals surface area contributed by atoms with Gasteiger partial charge in [-0.2, -0.15) is 0 Å². The van der Waals surface area contributed by atoms with Gasteiger partial charge in [0.05, 0.1) is 10.8 Å². The van der Waals surface area contributed by atoms with Crippen molar-refractivity contribution in [2.24, 2.45) is 5.14 Å². The van der Waals surface area contributed by atoms with Gasteiger partial charge >= 0.3 is 0 Å². The van der Waals surface area contributed by atoms with Crippen molar-refractivity contribution >= 4 is 32.5 Å². The summed E-state index contributed by atoms with van der Waals surface area (Å²) in [5.74, 6) is -0.0924. The van der Waals surface area contributed by atoms with Gasteiger partial charge in [0.2, 0.25) is 10.0 Å². The largest absolute Gasteiger partial charge is 0.356 e. The van der Waals surface area contributed by atoms with Crippen molar-refractivity contribution in [2.45, 2.75) is 6.54 Å². The average molecular weight is 288 g/mol. The zero-order valence-corrected chi connectivity index (χ0v) is 11.2. The Morgan fingerprint density at radius 2 is 2.06 bits per heavy atom. The highest BCUT2D eigenvalue weighted by Gasteiger charge is 2.08. The third-order valence-electron chi connectivity index (χ3n) is 2.58.